The summed E-state index contributed by atoms with van der Waals surface area (Å²) < 4.78 is 7.73. The van der Waals surface area contributed by atoms with Gasteiger partial charge < -0.3 is 19.3 Å². The smallest absolute Gasteiger partial charge is 0.315 e. The molecule has 7 nitrogen and oxygen atoms in total. The van der Waals surface area contributed by atoms with Crippen LogP contribution in [0.1, 0.15) is 30.7 Å². The van der Waals surface area contributed by atoms with E-state index >= 15 is 0 Å². The van der Waals surface area contributed by atoms with E-state index in [4.69, 9.17) is 4.74 Å². The molecule has 2 aliphatic rings. The van der Waals surface area contributed by atoms with E-state index in [0.29, 0.717) is 19.5 Å². The van der Waals surface area contributed by atoms with Crippen LogP contribution in [0.3, 0.4) is 0 Å². The predicted molar refractivity (Wildman–Crippen MR) is 97.5 cm³/mol. The molecule has 0 bridgehead atoms. The maximum atomic E-state index is 12.8. The van der Waals surface area contributed by atoms with Crippen molar-refractivity contribution in [1.82, 2.24) is 14.5 Å². The minimum atomic E-state index is -1.08. The van der Waals surface area contributed by atoms with Crippen LogP contribution >= 0.6 is 0 Å². The molecule has 0 spiro atoms. The third kappa shape index (κ3) is 2.87. The number of fused-ring (bicyclic) bond motifs is 3. The first kappa shape index (κ1) is 17.6. The zero-order valence-electron chi connectivity index (χ0n) is 15.3. The van der Waals surface area contributed by atoms with Crippen molar-refractivity contribution in [2.45, 2.75) is 32.2 Å². The summed E-state index contributed by atoms with van der Waals surface area (Å²) in [6.07, 6.45) is 4.75. The number of carbonyl (C=O) groups is 2. The van der Waals surface area contributed by atoms with Crippen LogP contribution in [-0.2, 0) is 22.6 Å². The molecule has 1 aromatic heterocycles. The highest BCUT2D eigenvalue weighted by atomic mass is 16.5. The number of likely N-dealkylation sites (tertiary alicyclic amines) is 1. The van der Waals surface area contributed by atoms with Crippen LogP contribution in [0, 0.1) is 5.41 Å². The summed E-state index contributed by atoms with van der Waals surface area (Å²) >= 11 is 0. The van der Waals surface area contributed by atoms with E-state index in [2.05, 4.69) is 4.98 Å². The molecule has 0 unspecified atom stereocenters. The van der Waals surface area contributed by atoms with Crippen molar-refractivity contribution in [2.75, 3.05) is 19.7 Å². The summed E-state index contributed by atoms with van der Waals surface area (Å²) in [5, 5.41) is 9.94. The van der Waals surface area contributed by atoms with Gasteiger partial charge in [-0.2, -0.15) is 0 Å². The first-order valence-corrected chi connectivity index (χ1v) is 9.28. The normalized spacial score (nSPS) is 23.4. The van der Waals surface area contributed by atoms with E-state index in [1.807, 2.05) is 42.0 Å². The Labute approximate surface area is 157 Å². The summed E-state index contributed by atoms with van der Waals surface area (Å²) in [7, 11) is 0. The standard InChI is InChI=1S/C20H23N3O4/c1-2-17-21-8-10-22(17)9-7-18(24)23-11-15-14-5-3-4-6-16(14)27-13-20(15,12-23)19(25)26/h3-6,8,10,15H,2,7,9,11-13H2,1H3,(H,25,26)/t15-,20-/m0/s1. The first-order chi connectivity index (χ1) is 13.0. The average molecular weight is 369 g/mol. The highest BCUT2D eigenvalue weighted by Crippen LogP contribution is 2.49. The van der Waals surface area contributed by atoms with Crippen molar-refractivity contribution < 1.29 is 19.4 Å². The van der Waals surface area contributed by atoms with E-state index in [1.54, 1.807) is 11.1 Å². The molecule has 142 valence electrons. The van der Waals surface area contributed by atoms with Crippen LogP contribution in [0.5, 0.6) is 5.75 Å². The van der Waals surface area contributed by atoms with E-state index in [0.717, 1.165) is 23.6 Å². The van der Waals surface area contributed by atoms with Gasteiger partial charge in [-0.25, -0.2) is 4.98 Å². The summed E-state index contributed by atoms with van der Waals surface area (Å²) in [5.74, 6) is 0.490. The lowest BCUT2D eigenvalue weighted by molar-refractivity contribution is -0.152. The van der Waals surface area contributed by atoms with Gasteiger partial charge in [-0.1, -0.05) is 25.1 Å². The van der Waals surface area contributed by atoms with E-state index in [-0.39, 0.29) is 25.0 Å². The summed E-state index contributed by atoms with van der Waals surface area (Å²) in [5.41, 5.74) is -0.197. The van der Waals surface area contributed by atoms with Crippen LogP contribution < -0.4 is 4.74 Å². The number of imidazole rings is 1. The van der Waals surface area contributed by atoms with E-state index < -0.39 is 11.4 Å². The highest BCUT2D eigenvalue weighted by molar-refractivity contribution is 5.82. The van der Waals surface area contributed by atoms with E-state index in [9.17, 15) is 14.7 Å². The van der Waals surface area contributed by atoms with Crippen molar-refractivity contribution in [2.24, 2.45) is 5.41 Å². The molecule has 27 heavy (non-hydrogen) atoms. The molecule has 1 N–H and O–H groups in total. The maximum absolute atomic E-state index is 12.8. The van der Waals surface area contributed by atoms with Gasteiger partial charge in [0.25, 0.3) is 0 Å². The quantitative estimate of drug-likeness (QED) is 0.870. The minimum absolute atomic E-state index is 0.0294. The average Bonchev–Trinajstić information content (AvgIpc) is 3.31. The maximum Gasteiger partial charge on any atom is 0.315 e. The van der Waals surface area contributed by atoms with Gasteiger partial charge in [0.1, 0.15) is 23.6 Å². The lowest BCUT2D eigenvalue weighted by Crippen LogP contribution is -2.46. The van der Waals surface area contributed by atoms with Gasteiger partial charge >= 0.3 is 5.97 Å². The Morgan fingerprint density at radius 3 is 2.96 bits per heavy atom. The molecule has 7 heteroatoms. The largest absolute Gasteiger partial charge is 0.492 e. The fraction of sp³-hybridized carbons (Fsp3) is 0.450. The van der Waals surface area contributed by atoms with Crippen molar-refractivity contribution >= 4 is 11.9 Å². The van der Waals surface area contributed by atoms with Gasteiger partial charge in [0.05, 0.1) is 0 Å². The number of aromatic nitrogens is 2. The first-order valence-electron chi connectivity index (χ1n) is 9.28. The van der Waals surface area contributed by atoms with Crippen LogP contribution in [-0.4, -0.2) is 51.1 Å². The molecule has 2 atom stereocenters. The number of para-hydroxylation sites is 1. The van der Waals surface area contributed by atoms with Gasteiger partial charge in [-0.3, -0.25) is 9.59 Å². The van der Waals surface area contributed by atoms with Gasteiger partial charge in [-0.15, -0.1) is 0 Å². The Morgan fingerprint density at radius 2 is 2.19 bits per heavy atom. The predicted octanol–water partition coefficient (Wildman–Crippen LogP) is 1.93. The van der Waals surface area contributed by atoms with Crippen LogP contribution in [0.15, 0.2) is 36.7 Å². The van der Waals surface area contributed by atoms with Gasteiger partial charge in [0.2, 0.25) is 5.91 Å². The Morgan fingerprint density at radius 1 is 1.37 bits per heavy atom. The SMILES string of the molecule is CCc1nccn1CCC(=O)N1C[C@H]2c3ccccc3OC[C@@]2(C(=O)O)C1. The second-order valence-corrected chi connectivity index (χ2v) is 7.26. The Kier molecular flexibility index (Phi) is 4.37. The number of benzene rings is 1. The highest BCUT2D eigenvalue weighted by Gasteiger charge is 2.57. The molecule has 1 fully saturated rings. The molecule has 0 aliphatic carbocycles. The summed E-state index contributed by atoms with van der Waals surface area (Å²) in [6, 6.07) is 7.53. The number of carboxylic acids is 1. The van der Waals surface area contributed by atoms with Crippen LogP contribution in [0.2, 0.25) is 0 Å². The van der Waals surface area contributed by atoms with Crippen molar-refractivity contribution in [1.29, 1.82) is 0 Å². The lowest BCUT2D eigenvalue weighted by atomic mass is 9.73. The fourth-order valence-corrected chi connectivity index (χ4v) is 4.26. The summed E-state index contributed by atoms with van der Waals surface area (Å²) in [4.78, 5) is 30.9. The number of ether oxygens (including phenoxy) is 1. The molecule has 3 heterocycles. The van der Waals surface area contributed by atoms with Gasteiger partial charge in [0.15, 0.2) is 0 Å². The number of aryl methyl sites for hydroxylation is 2. The third-order valence-corrected chi connectivity index (χ3v) is 5.79. The fourth-order valence-electron chi connectivity index (χ4n) is 4.26. The lowest BCUT2D eigenvalue weighted by Gasteiger charge is -2.35. The second kappa shape index (κ2) is 6.72. The van der Waals surface area contributed by atoms with Crippen molar-refractivity contribution in [3.63, 3.8) is 0 Å². The molecule has 2 aromatic rings. The van der Waals surface area contributed by atoms with Gasteiger partial charge in [-0.05, 0) is 6.07 Å². The van der Waals surface area contributed by atoms with Crippen LogP contribution in [0.4, 0.5) is 0 Å². The summed E-state index contributed by atoms with van der Waals surface area (Å²) in [6.45, 7) is 3.27. The van der Waals surface area contributed by atoms with Gasteiger partial charge in [0, 0.05) is 56.4 Å². The number of amides is 1. The molecule has 1 aromatic carbocycles. The zero-order chi connectivity index (χ0) is 19.0. The Balaban J connectivity index is 1.53. The molecular formula is C20H23N3O4. The Hall–Kier alpha value is -2.83. The zero-order valence-corrected chi connectivity index (χ0v) is 15.3. The van der Waals surface area contributed by atoms with Crippen molar-refractivity contribution in [3.05, 3.63) is 48.0 Å². The Bertz CT molecular complexity index is 878. The number of hydrogen-bond acceptors (Lipinski definition) is 4. The number of rotatable bonds is 5. The van der Waals surface area contributed by atoms with Crippen molar-refractivity contribution in [3.8, 4) is 5.75 Å². The minimum Gasteiger partial charge on any atom is -0.492 e. The molecule has 4 rings (SSSR count). The third-order valence-electron chi connectivity index (χ3n) is 5.79. The molecule has 1 amide bonds. The number of nitrogens with zero attached hydrogens (tertiary/aromatic N) is 3. The number of aliphatic carboxylic acids is 1. The molecule has 0 saturated carbocycles. The van der Waals surface area contributed by atoms with Crippen LogP contribution in [0.25, 0.3) is 0 Å². The number of carboxylic acid groups (broad SMARTS) is 1. The number of carbonyl (C=O) groups excluding carboxylic acids is 1. The second-order valence-electron chi connectivity index (χ2n) is 7.26. The molecular weight excluding hydrogens is 346 g/mol. The molecule has 0 radical (unpaired) electrons. The number of hydrogen-bond donors (Lipinski definition) is 1. The molecule has 1 saturated heterocycles. The molecule has 2 aliphatic heterocycles. The monoisotopic (exact) mass is 369 g/mol. The van der Waals surface area contributed by atoms with E-state index in [1.165, 1.54) is 0 Å². The topological polar surface area (TPSA) is 84.7 Å².